The van der Waals surface area contributed by atoms with Gasteiger partial charge in [0.1, 0.15) is 5.75 Å². The van der Waals surface area contributed by atoms with Gasteiger partial charge in [-0.05, 0) is 30.7 Å². The summed E-state index contributed by atoms with van der Waals surface area (Å²) in [5, 5.41) is 0. The van der Waals surface area contributed by atoms with Crippen LogP contribution in [-0.4, -0.2) is 75.0 Å². The number of benzene rings is 1. The predicted molar refractivity (Wildman–Crippen MR) is 87.5 cm³/mol. The standard InChI is InChI=1S/C16H22N2O4S/c1-22-15-4-2-13(3-5-15)16(19)18-9-7-17(8-10-18)14-6-11-23(20,21)12-14/h2-5,14H,6-12H2,1H3/t14-/m1/s1. The maximum atomic E-state index is 12.5. The van der Waals surface area contributed by atoms with E-state index >= 15 is 0 Å². The molecule has 6 nitrogen and oxygen atoms in total. The van der Waals surface area contributed by atoms with Crippen LogP contribution in [0.15, 0.2) is 24.3 Å². The second kappa shape index (κ2) is 6.49. The second-order valence-corrected chi connectivity index (χ2v) is 8.34. The Labute approximate surface area is 136 Å². The third-order valence-corrected chi connectivity index (χ3v) is 6.41. The van der Waals surface area contributed by atoms with E-state index in [-0.39, 0.29) is 17.7 Å². The van der Waals surface area contributed by atoms with E-state index < -0.39 is 9.84 Å². The lowest BCUT2D eigenvalue weighted by Crippen LogP contribution is -2.52. The minimum Gasteiger partial charge on any atom is -0.497 e. The Bertz CT molecular complexity index is 664. The largest absolute Gasteiger partial charge is 0.497 e. The van der Waals surface area contributed by atoms with Crippen LogP contribution in [0.1, 0.15) is 16.8 Å². The molecule has 1 amide bonds. The molecule has 1 atom stereocenters. The highest BCUT2D eigenvalue weighted by atomic mass is 32.2. The van der Waals surface area contributed by atoms with Crippen molar-refractivity contribution in [3.63, 3.8) is 0 Å². The summed E-state index contributed by atoms with van der Waals surface area (Å²) < 4.78 is 28.3. The number of nitrogens with zero attached hydrogens (tertiary/aromatic N) is 2. The van der Waals surface area contributed by atoms with Crippen molar-refractivity contribution in [1.29, 1.82) is 0 Å². The fourth-order valence-corrected chi connectivity index (χ4v) is 5.03. The van der Waals surface area contributed by atoms with E-state index in [1.807, 2.05) is 4.90 Å². The summed E-state index contributed by atoms with van der Waals surface area (Å²) in [6.45, 7) is 2.76. The molecule has 0 aromatic heterocycles. The summed E-state index contributed by atoms with van der Waals surface area (Å²) in [6, 6.07) is 7.24. The molecule has 2 fully saturated rings. The normalized spacial score (nSPS) is 24.6. The van der Waals surface area contributed by atoms with Crippen LogP contribution in [0.5, 0.6) is 5.75 Å². The van der Waals surface area contributed by atoms with Gasteiger partial charge in [0.25, 0.3) is 5.91 Å². The van der Waals surface area contributed by atoms with E-state index in [1.165, 1.54) is 0 Å². The van der Waals surface area contributed by atoms with Crippen LogP contribution in [0.3, 0.4) is 0 Å². The molecular formula is C16H22N2O4S. The Morgan fingerprint density at radius 3 is 2.30 bits per heavy atom. The van der Waals surface area contributed by atoms with Gasteiger partial charge in [-0.1, -0.05) is 0 Å². The van der Waals surface area contributed by atoms with Gasteiger partial charge in [0.2, 0.25) is 0 Å². The van der Waals surface area contributed by atoms with Crippen LogP contribution >= 0.6 is 0 Å². The van der Waals surface area contributed by atoms with Gasteiger partial charge in [-0.3, -0.25) is 9.69 Å². The predicted octanol–water partition coefficient (Wildman–Crippen LogP) is 0.640. The van der Waals surface area contributed by atoms with Gasteiger partial charge in [-0.2, -0.15) is 0 Å². The van der Waals surface area contributed by atoms with E-state index in [0.717, 1.165) is 25.3 Å². The van der Waals surface area contributed by atoms with Gasteiger partial charge in [0, 0.05) is 37.8 Å². The van der Waals surface area contributed by atoms with Crippen LogP contribution in [0.4, 0.5) is 0 Å². The molecule has 3 rings (SSSR count). The van der Waals surface area contributed by atoms with Crippen molar-refractivity contribution in [3.8, 4) is 5.75 Å². The van der Waals surface area contributed by atoms with Gasteiger partial charge in [-0.25, -0.2) is 8.42 Å². The number of rotatable bonds is 3. The minimum atomic E-state index is -2.86. The van der Waals surface area contributed by atoms with E-state index in [4.69, 9.17) is 4.74 Å². The van der Waals surface area contributed by atoms with Crippen molar-refractivity contribution in [2.24, 2.45) is 0 Å². The lowest BCUT2D eigenvalue weighted by atomic mass is 10.1. The number of carbonyl (C=O) groups is 1. The summed E-state index contributed by atoms with van der Waals surface area (Å²) in [6.07, 6.45) is 0.717. The van der Waals surface area contributed by atoms with Crippen molar-refractivity contribution in [2.75, 3.05) is 44.8 Å². The Kier molecular flexibility index (Phi) is 4.59. The Morgan fingerprint density at radius 1 is 1.13 bits per heavy atom. The van der Waals surface area contributed by atoms with E-state index in [9.17, 15) is 13.2 Å². The molecule has 2 saturated heterocycles. The zero-order valence-electron chi connectivity index (χ0n) is 13.3. The monoisotopic (exact) mass is 338 g/mol. The average Bonchev–Trinajstić information content (AvgIpc) is 2.94. The number of hydrogen-bond donors (Lipinski definition) is 0. The molecule has 0 saturated carbocycles. The Hall–Kier alpha value is -1.60. The van der Waals surface area contributed by atoms with Crippen molar-refractivity contribution in [2.45, 2.75) is 12.5 Å². The van der Waals surface area contributed by atoms with E-state index in [1.54, 1.807) is 31.4 Å². The fraction of sp³-hybridized carbons (Fsp3) is 0.562. The van der Waals surface area contributed by atoms with Crippen LogP contribution in [0.2, 0.25) is 0 Å². The van der Waals surface area contributed by atoms with E-state index in [0.29, 0.717) is 24.4 Å². The molecule has 1 aromatic carbocycles. The number of ether oxygens (including phenoxy) is 1. The SMILES string of the molecule is COc1ccc(C(=O)N2CCN([C@@H]3CCS(=O)(=O)C3)CC2)cc1. The first kappa shape index (κ1) is 16.3. The second-order valence-electron chi connectivity index (χ2n) is 6.11. The van der Waals surface area contributed by atoms with Gasteiger partial charge in [0.15, 0.2) is 9.84 Å². The summed E-state index contributed by atoms with van der Waals surface area (Å²) in [5.74, 6) is 1.31. The molecule has 126 valence electrons. The van der Waals surface area contributed by atoms with Gasteiger partial charge in [0.05, 0.1) is 18.6 Å². The van der Waals surface area contributed by atoms with Crippen molar-refractivity contribution in [3.05, 3.63) is 29.8 Å². The zero-order valence-corrected chi connectivity index (χ0v) is 14.1. The number of amides is 1. The summed E-state index contributed by atoms with van der Waals surface area (Å²) in [4.78, 5) is 16.5. The van der Waals surface area contributed by atoms with Crippen LogP contribution in [0, 0.1) is 0 Å². The Morgan fingerprint density at radius 2 is 1.78 bits per heavy atom. The summed E-state index contributed by atoms with van der Waals surface area (Å²) in [5.41, 5.74) is 0.655. The molecule has 23 heavy (non-hydrogen) atoms. The molecule has 0 spiro atoms. The first-order valence-corrected chi connectivity index (χ1v) is 9.68. The Balaban J connectivity index is 1.57. The highest BCUT2D eigenvalue weighted by Gasteiger charge is 2.34. The quantitative estimate of drug-likeness (QED) is 0.809. The number of piperazine rings is 1. The maximum absolute atomic E-state index is 12.5. The number of sulfone groups is 1. The lowest BCUT2D eigenvalue weighted by Gasteiger charge is -2.37. The third-order valence-electron chi connectivity index (χ3n) is 4.66. The maximum Gasteiger partial charge on any atom is 0.253 e. The number of methoxy groups -OCH3 is 1. The van der Waals surface area contributed by atoms with Crippen molar-refractivity contribution >= 4 is 15.7 Å². The molecule has 0 N–H and O–H groups in total. The topological polar surface area (TPSA) is 66.9 Å². The molecule has 0 unspecified atom stereocenters. The zero-order chi connectivity index (χ0) is 16.4. The van der Waals surface area contributed by atoms with Crippen LogP contribution in [0.25, 0.3) is 0 Å². The van der Waals surface area contributed by atoms with Gasteiger partial charge in [-0.15, -0.1) is 0 Å². The van der Waals surface area contributed by atoms with Crippen LogP contribution < -0.4 is 4.74 Å². The number of hydrogen-bond acceptors (Lipinski definition) is 5. The molecule has 2 heterocycles. The highest BCUT2D eigenvalue weighted by Crippen LogP contribution is 2.20. The van der Waals surface area contributed by atoms with E-state index in [2.05, 4.69) is 4.90 Å². The minimum absolute atomic E-state index is 0.0198. The molecule has 2 aliphatic rings. The highest BCUT2D eigenvalue weighted by molar-refractivity contribution is 7.91. The average molecular weight is 338 g/mol. The van der Waals surface area contributed by atoms with Crippen LogP contribution in [-0.2, 0) is 9.84 Å². The van der Waals surface area contributed by atoms with Gasteiger partial charge < -0.3 is 9.64 Å². The molecule has 2 aliphatic heterocycles. The molecule has 0 aliphatic carbocycles. The molecule has 1 aromatic rings. The lowest BCUT2D eigenvalue weighted by molar-refractivity contribution is 0.0588. The summed E-state index contributed by atoms with van der Waals surface area (Å²) >= 11 is 0. The first-order valence-electron chi connectivity index (χ1n) is 7.86. The number of carbonyl (C=O) groups excluding carboxylic acids is 1. The molecular weight excluding hydrogens is 316 g/mol. The molecule has 0 bridgehead atoms. The summed E-state index contributed by atoms with van der Waals surface area (Å²) in [7, 11) is -1.26. The first-order chi connectivity index (χ1) is 11.0. The van der Waals surface area contributed by atoms with Crippen molar-refractivity contribution in [1.82, 2.24) is 9.80 Å². The van der Waals surface area contributed by atoms with Crippen molar-refractivity contribution < 1.29 is 17.9 Å². The molecule has 7 heteroatoms. The fourth-order valence-electron chi connectivity index (χ4n) is 3.27. The smallest absolute Gasteiger partial charge is 0.253 e. The third kappa shape index (κ3) is 3.67. The molecule has 0 radical (unpaired) electrons. The van der Waals surface area contributed by atoms with Gasteiger partial charge >= 0.3 is 0 Å².